The van der Waals surface area contributed by atoms with Crippen molar-refractivity contribution in [2.75, 3.05) is 5.32 Å². The molecule has 0 spiro atoms. The smallest absolute Gasteiger partial charge is 0.162 e. The van der Waals surface area contributed by atoms with Crippen LogP contribution in [0.2, 0.25) is 0 Å². The third-order valence-electron chi connectivity index (χ3n) is 5.72. The van der Waals surface area contributed by atoms with Crippen LogP contribution in [0, 0.1) is 5.41 Å². The molecule has 0 saturated heterocycles. The SMILES string of the molecule is CC1(C)CC(=O)C2=C(C1)c1c(ccc3ccccc13)N[C@@H]2c1ccccn1. The highest BCUT2D eigenvalue weighted by atomic mass is 16.1. The number of Topliss-reactive ketones (excluding diaryl/α,β-unsaturated/α-hetero) is 1. The van der Waals surface area contributed by atoms with E-state index in [0.717, 1.165) is 23.4 Å². The molecule has 0 amide bonds. The minimum Gasteiger partial charge on any atom is -0.372 e. The van der Waals surface area contributed by atoms with Gasteiger partial charge in [-0.1, -0.05) is 50.2 Å². The topological polar surface area (TPSA) is 42.0 Å². The number of benzene rings is 2. The van der Waals surface area contributed by atoms with E-state index in [4.69, 9.17) is 0 Å². The van der Waals surface area contributed by atoms with E-state index < -0.39 is 0 Å². The second-order valence-corrected chi connectivity index (χ2v) is 8.37. The van der Waals surface area contributed by atoms with Crippen LogP contribution in [0.4, 0.5) is 5.69 Å². The van der Waals surface area contributed by atoms with Crippen molar-refractivity contribution in [1.82, 2.24) is 4.98 Å². The fraction of sp³-hybridized carbons (Fsp3) is 0.250. The number of carbonyl (C=O) groups is 1. The molecular weight excluding hydrogens is 332 g/mol. The largest absolute Gasteiger partial charge is 0.372 e. The van der Waals surface area contributed by atoms with Crippen LogP contribution in [-0.4, -0.2) is 10.8 Å². The number of allylic oxidation sites excluding steroid dienone is 1. The van der Waals surface area contributed by atoms with Gasteiger partial charge in [-0.15, -0.1) is 0 Å². The minimum atomic E-state index is -0.182. The molecule has 2 heterocycles. The second kappa shape index (κ2) is 5.78. The normalized spacial score (nSPS) is 20.8. The van der Waals surface area contributed by atoms with Gasteiger partial charge in [-0.3, -0.25) is 9.78 Å². The van der Waals surface area contributed by atoms with Gasteiger partial charge in [0.05, 0.1) is 11.7 Å². The molecule has 0 radical (unpaired) electrons. The Balaban J connectivity index is 1.82. The average Bonchev–Trinajstić information content (AvgIpc) is 2.66. The Morgan fingerprint density at radius 3 is 2.63 bits per heavy atom. The molecule has 3 nitrogen and oxygen atoms in total. The van der Waals surface area contributed by atoms with E-state index in [9.17, 15) is 4.79 Å². The third kappa shape index (κ3) is 2.57. The number of hydrogen-bond donors (Lipinski definition) is 1. The Labute approximate surface area is 159 Å². The van der Waals surface area contributed by atoms with Gasteiger partial charge in [0.2, 0.25) is 0 Å². The van der Waals surface area contributed by atoms with Crippen LogP contribution in [0.5, 0.6) is 0 Å². The Morgan fingerprint density at radius 1 is 1.00 bits per heavy atom. The van der Waals surface area contributed by atoms with Crippen molar-refractivity contribution in [3.8, 4) is 0 Å². The zero-order valence-electron chi connectivity index (χ0n) is 15.6. The molecule has 1 N–H and O–H groups in total. The Bertz CT molecular complexity index is 1100. The van der Waals surface area contributed by atoms with Gasteiger partial charge in [0, 0.05) is 29.4 Å². The summed E-state index contributed by atoms with van der Waals surface area (Å²) in [6, 6.07) is 18.4. The molecular formula is C24H22N2O. The van der Waals surface area contributed by atoms with E-state index in [0.29, 0.717) is 6.42 Å². The number of fused-ring (bicyclic) bond motifs is 4. The number of nitrogens with one attached hydrogen (secondary N) is 1. The van der Waals surface area contributed by atoms with Gasteiger partial charge in [-0.05, 0) is 46.4 Å². The fourth-order valence-electron chi connectivity index (χ4n) is 4.61. The van der Waals surface area contributed by atoms with Gasteiger partial charge in [0.15, 0.2) is 5.78 Å². The van der Waals surface area contributed by atoms with E-state index in [-0.39, 0.29) is 17.2 Å². The summed E-state index contributed by atoms with van der Waals surface area (Å²) in [5, 5.41) is 6.04. The van der Waals surface area contributed by atoms with Gasteiger partial charge in [-0.2, -0.15) is 0 Å². The highest BCUT2D eigenvalue weighted by Crippen LogP contribution is 2.51. The lowest BCUT2D eigenvalue weighted by molar-refractivity contribution is -0.118. The van der Waals surface area contributed by atoms with Crippen LogP contribution < -0.4 is 5.32 Å². The first kappa shape index (κ1) is 16.2. The molecule has 0 saturated carbocycles. The molecule has 0 unspecified atom stereocenters. The van der Waals surface area contributed by atoms with Crippen molar-refractivity contribution < 1.29 is 4.79 Å². The summed E-state index contributed by atoms with van der Waals surface area (Å²) in [6.45, 7) is 4.38. The monoisotopic (exact) mass is 354 g/mol. The minimum absolute atomic E-state index is 0.0316. The average molecular weight is 354 g/mol. The molecule has 1 aliphatic carbocycles. The van der Waals surface area contributed by atoms with Crippen LogP contribution in [0.15, 0.2) is 66.4 Å². The maximum absolute atomic E-state index is 13.2. The maximum Gasteiger partial charge on any atom is 0.162 e. The zero-order chi connectivity index (χ0) is 18.6. The molecule has 1 atom stereocenters. The van der Waals surface area contributed by atoms with Crippen LogP contribution in [0.25, 0.3) is 16.3 Å². The van der Waals surface area contributed by atoms with E-state index >= 15 is 0 Å². The van der Waals surface area contributed by atoms with E-state index in [1.165, 1.54) is 21.9 Å². The lowest BCUT2D eigenvalue weighted by Gasteiger charge is -2.39. The molecule has 3 heteroatoms. The number of pyridine rings is 1. The fourth-order valence-corrected chi connectivity index (χ4v) is 4.61. The molecule has 1 aliphatic heterocycles. The lowest BCUT2D eigenvalue weighted by Crippen LogP contribution is -2.33. The summed E-state index contributed by atoms with van der Waals surface area (Å²) < 4.78 is 0. The first-order valence-corrected chi connectivity index (χ1v) is 9.49. The van der Waals surface area contributed by atoms with E-state index in [2.05, 4.69) is 60.5 Å². The summed E-state index contributed by atoms with van der Waals surface area (Å²) in [7, 11) is 0. The first-order chi connectivity index (χ1) is 13.0. The van der Waals surface area contributed by atoms with E-state index in [1.54, 1.807) is 6.20 Å². The molecule has 1 aromatic heterocycles. The first-order valence-electron chi connectivity index (χ1n) is 9.49. The molecule has 0 bridgehead atoms. The number of nitrogens with zero attached hydrogens (tertiary/aromatic N) is 1. The third-order valence-corrected chi connectivity index (χ3v) is 5.72. The summed E-state index contributed by atoms with van der Waals surface area (Å²) in [5.41, 5.74) is 5.24. The summed E-state index contributed by atoms with van der Waals surface area (Å²) >= 11 is 0. The highest BCUT2D eigenvalue weighted by molar-refractivity contribution is 6.12. The van der Waals surface area contributed by atoms with Crippen molar-refractivity contribution in [2.45, 2.75) is 32.7 Å². The molecule has 0 fully saturated rings. The van der Waals surface area contributed by atoms with E-state index in [1.807, 2.05) is 18.2 Å². The van der Waals surface area contributed by atoms with Crippen molar-refractivity contribution >= 4 is 27.8 Å². The molecule has 2 aromatic carbocycles. The summed E-state index contributed by atoms with van der Waals surface area (Å²) in [4.78, 5) is 17.8. The molecule has 5 rings (SSSR count). The number of anilines is 1. The summed E-state index contributed by atoms with van der Waals surface area (Å²) in [5.74, 6) is 0.239. The summed E-state index contributed by atoms with van der Waals surface area (Å²) in [6.07, 6.45) is 3.28. The second-order valence-electron chi connectivity index (χ2n) is 8.37. The van der Waals surface area contributed by atoms with Crippen LogP contribution >= 0.6 is 0 Å². The Hall–Kier alpha value is -2.94. The quantitative estimate of drug-likeness (QED) is 0.623. The number of rotatable bonds is 1. The van der Waals surface area contributed by atoms with Gasteiger partial charge in [-0.25, -0.2) is 0 Å². The van der Waals surface area contributed by atoms with Crippen molar-refractivity contribution in [3.05, 3.63) is 77.6 Å². The Morgan fingerprint density at radius 2 is 1.81 bits per heavy atom. The zero-order valence-corrected chi connectivity index (χ0v) is 15.6. The number of ketones is 1. The van der Waals surface area contributed by atoms with Gasteiger partial charge in [0.25, 0.3) is 0 Å². The molecule has 27 heavy (non-hydrogen) atoms. The number of carbonyl (C=O) groups excluding carboxylic acids is 1. The standard InChI is InChI=1S/C24H22N2O/c1-24(2)13-17-21-16-8-4-3-7-15(16)10-11-18(21)26-23(22(17)20(27)14-24)19-9-5-6-12-25-19/h3-12,23,26H,13-14H2,1-2H3/t23-/m1/s1. The predicted octanol–water partition coefficient (Wildman–Crippen LogP) is 5.54. The van der Waals surface area contributed by atoms with Crippen molar-refractivity contribution in [1.29, 1.82) is 0 Å². The molecule has 2 aliphatic rings. The maximum atomic E-state index is 13.2. The van der Waals surface area contributed by atoms with Gasteiger partial charge in [0.1, 0.15) is 0 Å². The van der Waals surface area contributed by atoms with Crippen LogP contribution in [-0.2, 0) is 4.79 Å². The highest BCUT2D eigenvalue weighted by Gasteiger charge is 2.41. The van der Waals surface area contributed by atoms with Crippen molar-refractivity contribution in [3.63, 3.8) is 0 Å². The number of hydrogen-bond acceptors (Lipinski definition) is 3. The van der Waals surface area contributed by atoms with Crippen molar-refractivity contribution in [2.24, 2.45) is 5.41 Å². The molecule has 3 aromatic rings. The van der Waals surface area contributed by atoms with Crippen LogP contribution in [0.1, 0.15) is 44.0 Å². The van der Waals surface area contributed by atoms with Gasteiger partial charge >= 0.3 is 0 Å². The number of aromatic nitrogens is 1. The van der Waals surface area contributed by atoms with Crippen LogP contribution in [0.3, 0.4) is 0 Å². The lowest BCUT2D eigenvalue weighted by atomic mass is 9.68. The predicted molar refractivity (Wildman–Crippen MR) is 109 cm³/mol. The molecule has 134 valence electrons. The van der Waals surface area contributed by atoms with Gasteiger partial charge < -0.3 is 5.32 Å². The Kier molecular flexibility index (Phi) is 3.48.